The third kappa shape index (κ3) is 4.96. The van der Waals surface area contributed by atoms with Crippen LogP contribution in [-0.4, -0.2) is 33.4 Å². The summed E-state index contributed by atoms with van der Waals surface area (Å²) >= 11 is 0. The molecule has 1 N–H and O–H groups in total. The Labute approximate surface area is 191 Å². The van der Waals surface area contributed by atoms with Gasteiger partial charge in [0, 0.05) is 30.8 Å². The van der Waals surface area contributed by atoms with Crippen molar-refractivity contribution >= 4 is 27.3 Å². The van der Waals surface area contributed by atoms with E-state index in [-0.39, 0.29) is 22.7 Å². The van der Waals surface area contributed by atoms with Crippen LogP contribution < -0.4 is 14.4 Å². The number of methoxy groups -OCH3 is 1. The van der Waals surface area contributed by atoms with Gasteiger partial charge in [-0.25, -0.2) is 8.42 Å². The van der Waals surface area contributed by atoms with Crippen LogP contribution in [0.2, 0.25) is 0 Å². The zero-order chi connectivity index (χ0) is 24.2. The lowest BCUT2D eigenvalue weighted by Crippen LogP contribution is -2.28. The maximum Gasteiger partial charge on any atom is 0.274 e. The van der Waals surface area contributed by atoms with E-state index in [1.165, 1.54) is 32.4 Å². The van der Waals surface area contributed by atoms with Crippen molar-refractivity contribution in [1.82, 2.24) is 5.32 Å². The number of anilines is 1. The number of ether oxygens (including phenoxy) is 1. The topological polar surface area (TPSA) is 119 Å². The maximum absolute atomic E-state index is 13.2. The average molecular weight is 470 g/mol. The molecule has 172 valence electrons. The van der Waals surface area contributed by atoms with Crippen molar-refractivity contribution in [1.29, 1.82) is 0 Å². The van der Waals surface area contributed by atoms with E-state index >= 15 is 0 Å². The second-order valence-corrected chi connectivity index (χ2v) is 9.16. The number of benzene rings is 3. The van der Waals surface area contributed by atoms with Crippen molar-refractivity contribution in [2.24, 2.45) is 0 Å². The van der Waals surface area contributed by atoms with Gasteiger partial charge in [0.25, 0.3) is 21.6 Å². The lowest BCUT2D eigenvalue weighted by Gasteiger charge is -2.22. The molecule has 0 spiro atoms. The first kappa shape index (κ1) is 23.7. The van der Waals surface area contributed by atoms with E-state index in [1.54, 1.807) is 55.5 Å². The van der Waals surface area contributed by atoms with E-state index in [9.17, 15) is 23.3 Å². The molecule has 0 saturated carbocycles. The Hall–Kier alpha value is -3.92. The fourth-order valence-corrected chi connectivity index (χ4v) is 4.53. The highest BCUT2D eigenvalue weighted by Gasteiger charge is 2.25. The number of rotatable bonds is 8. The molecule has 0 heterocycles. The molecule has 3 aromatic carbocycles. The Morgan fingerprint density at radius 3 is 2.45 bits per heavy atom. The van der Waals surface area contributed by atoms with Gasteiger partial charge in [0.2, 0.25) is 0 Å². The van der Waals surface area contributed by atoms with Gasteiger partial charge in [0.1, 0.15) is 5.75 Å². The molecule has 0 aliphatic rings. The highest BCUT2D eigenvalue weighted by atomic mass is 32.2. The summed E-state index contributed by atoms with van der Waals surface area (Å²) in [6.07, 6.45) is 0. The predicted octanol–water partition coefficient (Wildman–Crippen LogP) is 3.67. The molecule has 0 fully saturated rings. The summed E-state index contributed by atoms with van der Waals surface area (Å²) in [5, 5.41) is 13.8. The molecule has 0 radical (unpaired) electrons. The lowest BCUT2D eigenvalue weighted by atomic mass is 10.1. The molecule has 0 saturated heterocycles. The third-order valence-electron chi connectivity index (χ3n) is 5.16. The molecule has 33 heavy (non-hydrogen) atoms. The Bertz CT molecular complexity index is 1310. The van der Waals surface area contributed by atoms with Crippen LogP contribution in [0.1, 0.15) is 21.5 Å². The molecule has 0 aromatic heterocycles. The molecule has 3 aromatic rings. The van der Waals surface area contributed by atoms with E-state index in [0.29, 0.717) is 22.6 Å². The van der Waals surface area contributed by atoms with Crippen molar-refractivity contribution < 1.29 is 22.9 Å². The van der Waals surface area contributed by atoms with E-state index < -0.39 is 20.9 Å². The van der Waals surface area contributed by atoms with Gasteiger partial charge in [-0.2, -0.15) is 0 Å². The number of carbonyl (C=O) groups excluding carboxylic acids is 1. The van der Waals surface area contributed by atoms with Crippen LogP contribution in [0.15, 0.2) is 71.6 Å². The number of nitrogens with one attached hydrogen (secondary N) is 1. The van der Waals surface area contributed by atoms with Crippen LogP contribution in [0.25, 0.3) is 0 Å². The van der Waals surface area contributed by atoms with Crippen molar-refractivity contribution in [3.63, 3.8) is 0 Å². The molecule has 0 atom stereocenters. The van der Waals surface area contributed by atoms with Crippen LogP contribution in [-0.2, 0) is 16.6 Å². The van der Waals surface area contributed by atoms with Crippen molar-refractivity contribution in [3.8, 4) is 5.75 Å². The summed E-state index contributed by atoms with van der Waals surface area (Å²) in [6.45, 7) is 1.60. The zero-order valence-corrected chi connectivity index (χ0v) is 19.1. The van der Waals surface area contributed by atoms with Gasteiger partial charge in [-0.1, -0.05) is 36.4 Å². The number of amides is 1. The first-order chi connectivity index (χ1) is 15.7. The van der Waals surface area contributed by atoms with Gasteiger partial charge < -0.3 is 10.1 Å². The quantitative estimate of drug-likeness (QED) is 0.397. The number of nitro benzene ring substituents is 1. The van der Waals surface area contributed by atoms with Gasteiger partial charge in [0.05, 0.1) is 22.6 Å². The normalized spacial score (nSPS) is 11.0. The van der Waals surface area contributed by atoms with Crippen LogP contribution in [0.5, 0.6) is 5.75 Å². The molecule has 0 aliphatic carbocycles. The van der Waals surface area contributed by atoms with E-state index in [4.69, 9.17) is 4.74 Å². The zero-order valence-electron chi connectivity index (χ0n) is 18.3. The van der Waals surface area contributed by atoms with Gasteiger partial charge in [-0.05, 0) is 36.8 Å². The number of hydrogen-bond acceptors (Lipinski definition) is 6. The van der Waals surface area contributed by atoms with Crippen molar-refractivity contribution in [2.75, 3.05) is 18.5 Å². The molecule has 1 amide bonds. The Kier molecular flexibility index (Phi) is 6.98. The Morgan fingerprint density at radius 1 is 1.09 bits per heavy atom. The lowest BCUT2D eigenvalue weighted by molar-refractivity contribution is -0.385. The minimum absolute atomic E-state index is 0.0719. The monoisotopic (exact) mass is 469 g/mol. The summed E-state index contributed by atoms with van der Waals surface area (Å²) in [7, 11) is -1.15. The molecular weight excluding hydrogens is 446 g/mol. The fraction of sp³-hybridized carbons (Fsp3) is 0.174. The van der Waals surface area contributed by atoms with E-state index in [1.807, 2.05) is 0 Å². The van der Waals surface area contributed by atoms with E-state index in [2.05, 4.69) is 5.32 Å². The summed E-state index contributed by atoms with van der Waals surface area (Å²) in [5.41, 5.74) is 1.30. The first-order valence-corrected chi connectivity index (χ1v) is 11.3. The molecular formula is C23H23N3O6S. The van der Waals surface area contributed by atoms with Crippen molar-refractivity contribution in [2.45, 2.75) is 18.4 Å². The summed E-state index contributed by atoms with van der Waals surface area (Å²) in [4.78, 5) is 23.4. The summed E-state index contributed by atoms with van der Waals surface area (Å²) in [5.74, 6) is -0.152. The Balaban J connectivity index is 1.89. The molecule has 0 bridgehead atoms. The fourth-order valence-electron chi connectivity index (χ4n) is 3.29. The minimum Gasteiger partial charge on any atom is -0.495 e. The predicted molar refractivity (Wildman–Crippen MR) is 124 cm³/mol. The smallest absolute Gasteiger partial charge is 0.274 e. The third-order valence-corrected chi connectivity index (χ3v) is 6.93. The summed E-state index contributed by atoms with van der Waals surface area (Å²) in [6, 6.07) is 17.0. The first-order valence-electron chi connectivity index (χ1n) is 9.90. The second-order valence-electron chi connectivity index (χ2n) is 7.19. The standard InChI is InChI=1S/C23H23N3O6S/c1-16-12-13-18(33(30,31)25(2)21-10-6-7-11-22(21)32-3)14-19(16)23(27)24-15-17-8-4-5-9-20(17)26(28)29/h4-14H,15H2,1-3H3,(H,24,27). The SMILES string of the molecule is COc1ccccc1N(C)S(=O)(=O)c1ccc(C)c(C(=O)NCc2ccccc2[N+](=O)[O-])c1. The molecule has 9 nitrogen and oxygen atoms in total. The number of aryl methyl sites for hydroxylation is 1. The molecule has 3 rings (SSSR count). The van der Waals surface area contributed by atoms with Crippen LogP contribution >= 0.6 is 0 Å². The van der Waals surface area contributed by atoms with Gasteiger partial charge in [-0.15, -0.1) is 0 Å². The van der Waals surface area contributed by atoms with Gasteiger partial charge >= 0.3 is 0 Å². The van der Waals surface area contributed by atoms with Crippen LogP contribution in [0, 0.1) is 17.0 Å². The van der Waals surface area contributed by atoms with Crippen LogP contribution in [0.3, 0.4) is 0 Å². The molecule has 0 aliphatic heterocycles. The maximum atomic E-state index is 13.2. The highest BCUT2D eigenvalue weighted by molar-refractivity contribution is 7.92. The summed E-state index contributed by atoms with van der Waals surface area (Å²) < 4.78 is 32.8. The van der Waals surface area contributed by atoms with Crippen molar-refractivity contribution in [3.05, 3.63) is 93.5 Å². The Morgan fingerprint density at radius 2 is 1.76 bits per heavy atom. The molecule has 10 heteroatoms. The highest BCUT2D eigenvalue weighted by Crippen LogP contribution is 2.31. The number of para-hydroxylation sites is 3. The second kappa shape index (κ2) is 9.70. The van der Waals surface area contributed by atoms with Gasteiger partial charge in [-0.3, -0.25) is 19.2 Å². The van der Waals surface area contributed by atoms with Crippen LogP contribution in [0.4, 0.5) is 11.4 Å². The number of nitro groups is 1. The number of nitrogens with zero attached hydrogens (tertiary/aromatic N) is 2. The largest absolute Gasteiger partial charge is 0.495 e. The number of sulfonamides is 1. The molecule has 0 unspecified atom stereocenters. The number of hydrogen-bond donors (Lipinski definition) is 1. The van der Waals surface area contributed by atoms with E-state index in [0.717, 1.165) is 4.31 Å². The van der Waals surface area contributed by atoms with Gasteiger partial charge in [0.15, 0.2) is 0 Å². The minimum atomic E-state index is -4.00. The number of carbonyl (C=O) groups is 1. The average Bonchev–Trinajstić information content (AvgIpc) is 2.82.